The normalized spacial score (nSPS) is 11.2. The number of nitrogens with two attached hydrogens (primary N) is 1. The minimum absolute atomic E-state index is 0.113. The van der Waals surface area contributed by atoms with Crippen LogP contribution in [0.2, 0.25) is 5.02 Å². The second-order valence-electron chi connectivity index (χ2n) is 5.45. The minimum atomic E-state index is -0.113. The number of ether oxygens (including phenoxy) is 1. The first-order chi connectivity index (χ1) is 11.5. The topological polar surface area (TPSA) is 64.3 Å². The molecular weight excluding hydrogens is 324 g/mol. The molecule has 0 atom stereocenters. The van der Waals surface area contributed by atoms with Crippen LogP contribution in [0, 0.1) is 0 Å². The summed E-state index contributed by atoms with van der Waals surface area (Å²) in [6.45, 7) is 2.32. The van der Waals surface area contributed by atoms with E-state index < -0.39 is 0 Å². The molecule has 0 spiro atoms. The maximum atomic E-state index is 12.1. The van der Waals surface area contributed by atoms with Crippen molar-refractivity contribution in [2.75, 3.05) is 19.4 Å². The van der Waals surface area contributed by atoms with E-state index in [-0.39, 0.29) is 5.91 Å². The molecule has 0 aliphatic carbocycles. The Bertz CT molecular complexity index is 740. The third kappa shape index (κ3) is 5.03. The number of nitrogen functional groups attached to an aromatic ring is 1. The maximum Gasteiger partial charge on any atom is 0.246 e. The van der Waals surface area contributed by atoms with Gasteiger partial charge in [0.15, 0.2) is 0 Å². The minimum Gasteiger partial charge on any atom is -0.497 e. The molecular formula is C19H21ClN2O2. The molecule has 0 unspecified atom stereocenters. The predicted octanol–water partition coefficient (Wildman–Crippen LogP) is 3.69. The van der Waals surface area contributed by atoms with E-state index >= 15 is 0 Å². The third-order valence-corrected chi connectivity index (χ3v) is 3.87. The van der Waals surface area contributed by atoms with E-state index in [1.165, 1.54) is 0 Å². The summed E-state index contributed by atoms with van der Waals surface area (Å²) < 4.78 is 5.12. The van der Waals surface area contributed by atoms with Gasteiger partial charge in [0.05, 0.1) is 7.11 Å². The Hall–Kier alpha value is -2.46. The number of hydrogen-bond acceptors (Lipinski definition) is 3. The van der Waals surface area contributed by atoms with Crippen molar-refractivity contribution < 1.29 is 9.53 Å². The highest BCUT2D eigenvalue weighted by Gasteiger charge is 2.05. The summed E-state index contributed by atoms with van der Waals surface area (Å²) in [5.41, 5.74) is 8.96. The second-order valence-corrected chi connectivity index (χ2v) is 5.89. The van der Waals surface area contributed by atoms with Gasteiger partial charge in [0.1, 0.15) is 5.75 Å². The van der Waals surface area contributed by atoms with Gasteiger partial charge >= 0.3 is 0 Å². The number of rotatable bonds is 6. The molecule has 0 aliphatic heterocycles. The van der Waals surface area contributed by atoms with Crippen LogP contribution in [0.25, 0.3) is 6.08 Å². The molecule has 0 saturated carbocycles. The summed E-state index contributed by atoms with van der Waals surface area (Å²) in [6.07, 6.45) is 2.51. The lowest BCUT2D eigenvalue weighted by molar-refractivity contribution is -0.117. The molecule has 0 aliphatic rings. The van der Waals surface area contributed by atoms with Gasteiger partial charge in [-0.2, -0.15) is 0 Å². The number of halogens is 1. The van der Waals surface area contributed by atoms with Crippen molar-refractivity contribution in [2.45, 2.75) is 13.3 Å². The van der Waals surface area contributed by atoms with E-state index in [1.807, 2.05) is 24.3 Å². The van der Waals surface area contributed by atoms with Crippen molar-refractivity contribution >= 4 is 29.3 Å². The summed E-state index contributed by atoms with van der Waals surface area (Å²) in [7, 11) is 1.64. The van der Waals surface area contributed by atoms with Crippen LogP contribution in [0.1, 0.15) is 18.1 Å². The number of amides is 1. The highest BCUT2D eigenvalue weighted by Crippen LogP contribution is 2.20. The number of hydrogen-bond donors (Lipinski definition) is 2. The Morgan fingerprint density at radius 1 is 1.25 bits per heavy atom. The molecule has 126 valence electrons. The third-order valence-electron chi connectivity index (χ3n) is 3.64. The van der Waals surface area contributed by atoms with Gasteiger partial charge in [0.2, 0.25) is 5.91 Å². The van der Waals surface area contributed by atoms with Crippen molar-refractivity contribution in [3.05, 3.63) is 64.2 Å². The van der Waals surface area contributed by atoms with Crippen molar-refractivity contribution in [1.82, 2.24) is 5.32 Å². The van der Waals surface area contributed by atoms with E-state index in [4.69, 9.17) is 22.1 Å². The molecule has 0 fully saturated rings. The number of methoxy groups -OCH3 is 1. The quantitative estimate of drug-likeness (QED) is 0.620. The molecule has 2 aromatic rings. The SMILES string of the molecule is COc1ccc(CCNC(=O)C(C)=Cc2ccc(Cl)cc2N)cc1. The summed E-state index contributed by atoms with van der Waals surface area (Å²) in [5.74, 6) is 0.708. The Morgan fingerprint density at radius 3 is 2.58 bits per heavy atom. The van der Waals surface area contributed by atoms with Crippen LogP contribution in [0.15, 0.2) is 48.0 Å². The van der Waals surface area contributed by atoms with Crippen molar-refractivity contribution in [2.24, 2.45) is 0 Å². The molecule has 24 heavy (non-hydrogen) atoms. The zero-order valence-corrected chi connectivity index (χ0v) is 14.6. The van der Waals surface area contributed by atoms with E-state index in [0.717, 1.165) is 23.3 Å². The molecule has 2 aromatic carbocycles. The monoisotopic (exact) mass is 344 g/mol. The fraction of sp³-hybridized carbons (Fsp3) is 0.211. The van der Waals surface area contributed by atoms with Gasteiger partial charge in [0, 0.05) is 22.8 Å². The van der Waals surface area contributed by atoms with E-state index in [2.05, 4.69) is 5.32 Å². The number of benzene rings is 2. The molecule has 0 radical (unpaired) electrons. The fourth-order valence-electron chi connectivity index (χ4n) is 2.23. The Labute approximate surface area is 147 Å². The first-order valence-corrected chi connectivity index (χ1v) is 8.02. The van der Waals surface area contributed by atoms with Crippen LogP contribution in [-0.4, -0.2) is 19.6 Å². The molecule has 0 bridgehead atoms. The van der Waals surface area contributed by atoms with E-state index in [9.17, 15) is 4.79 Å². The van der Waals surface area contributed by atoms with Gasteiger partial charge in [0.25, 0.3) is 0 Å². The van der Waals surface area contributed by atoms with Crippen molar-refractivity contribution in [3.63, 3.8) is 0 Å². The van der Waals surface area contributed by atoms with Crippen LogP contribution in [0.5, 0.6) is 5.75 Å². The Morgan fingerprint density at radius 2 is 1.96 bits per heavy atom. The van der Waals surface area contributed by atoms with Gasteiger partial charge < -0.3 is 15.8 Å². The van der Waals surface area contributed by atoms with Gasteiger partial charge in [-0.15, -0.1) is 0 Å². The first kappa shape index (κ1) is 17.9. The van der Waals surface area contributed by atoms with Crippen LogP contribution in [0.4, 0.5) is 5.69 Å². The number of anilines is 1. The van der Waals surface area contributed by atoms with E-state index in [1.54, 1.807) is 38.3 Å². The summed E-state index contributed by atoms with van der Waals surface area (Å²) in [6, 6.07) is 13.0. The molecule has 0 saturated heterocycles. The lowest BCUT2D eigenvalue weighted by Gasteiger charge is -2.07. The van der Waals surface area contributed by atoms with Crippen LogP contribution in [0.3, 0.4) is 0 Å². The lowest BCUT2D eigenvalue weighted by Crippen LogP contribution is -2.26. The van der Waals surface area contributed by atoms with Crippen molar-refractivity contribution in [3.8, 4) is 5.75 Å². The van der Waals surface area contributed by atoms with Gasteiger partial charge in [-0.1, -0.05) is 29.8 Å². The number of nitrogens with one attached hydrogen (secondary N) is 1. The van der Waals surface area contributed by atoms with Crippen molar-refractivity contribution in [1.29, 1.82) is 0 Å². The smallest absolute Gasteiger partial charge is 0.246 e. The van der Waals surface area contributed by atoms with Gasteiger partial charge in [-0.25, -0.2) is 0 Å². The van der Waals surface area contributed by atoms with E-state index in [0.29, 0.717) is 22.8 Å². The average molecular weight is 345 g/mol. The largest absolute Gasteiger partial charge is 0.497 e. The molecule has 3 N–H and O–H groups in total. The average Bonchev–Trinajstić information content (AvgIpc) is 2.57. The predicted molar refractivity (Wildman–Crippen MR) is 99.2 cm³/mol. The molecule has 1 amide bonds. The Kier molecular flexibility index (Phi) is 6.27. The maximum absolute atomic E-state index is 12.1. The molecule has 0 aromatic heterocycles. The second kappa shape index (κ2) is 8.41. The summed E-state index contributed by atoms with van der Waals surface area (Å²) in [4.78, 5) is 12.1. The van der Waals surface area contributed by atoms with Crippen LogP contribution >= 0.6 is 11.6 Å². The number of carbonyl (C=O) groups excluding carboxylic acids is 1. The lowest BCUT2D eigenvalue weighted by atomic mass is 10.1. The van der Waals surface area contributed by atoms with Crippen LogP contribution in [-0.2, 0) is 11.2 Å². The molecule has 4 nitrogen and oxygen atoms in total. The molecule has 0 heterocycles. The fourth-order valence-corrected chi connectivity index (χ4v) is 2.41. The summed E-state index contributed by atoms with van der Waals surface area (Å²) in [5, 5.41) is 3.48. The highest BCUT2D eigenvalue weighted by atomic mass is 35.5. The zero-order valence-electron chi connectivity index (χ0n) is 13.8. The van der Waals surface area contributed by atoms with Gasteiger partial charge in [-0.3, -0.25) is 4.79 Å². The molecule has 2 rings (SSSR count). The van der Waals surface area contributed by atoms with Gasteiger partial charge in [-0.05, 0) is 54.8 Å². The first-order valence-electron chi connectivity index (χ1n) is 7.64. The molecule has 5 heteroatoms. The standard InChI is InChI=1S/C19H21ClN2O2/c1-13(11-15-5-6-16(20)12-18(15)21)19(23)22-10-9-14-3-7-17(24-2)8-4-14/h3-8,11-12H,9-10,21H2,1-2H3,(H,22,23). The van der Waals surface area contributed by atoms with Crippen LogP contribution < -0.4 is 15.8 Å². The Balaban J connectivity index is 1.90. The highest BCUT2D eigenvalue weighted by molar-refractivity contribution is 6.30. The summed E-state index contributed by atoms with van der Waals surface area (Å²) >= 11 is 5.87. The number of carbonyl (C=O) groups is 1. The zero-order chi connectivity index (χ0) is 17.5.